The van der Waals surface area contributed by atoms with E-state index in [9.17, 15) is 0 Å². The first-order valence-corrected chi connectivity index (χ1v) is 10.4. The summed E-state index contributed by atoms with van der Waals surface area (Å²) in [4.78, 5) is 11.6. The van der Waals surface area contributed by atoms with Crippen LogP contribution in [0.2, 0.25) is 0 Å². The molecule has 1 atom stereocenters. The number of fused-ring (bicyclic) bond motifs is 1. The average molecular weight is 522 g/mol. The highest BCUT2D eigenvalue weighted by Crippen LogP contribution is 2.24. The SMILES string of the molecule is CN=C(NCc1nc2ccccc2n1C)NCC(c1ccco1)N1CCCCC1.I. The van der Waals surface area contributed by atoms with Crippen molar-refractivity contribution in [3.63, 3.8) is 0 Å². The second kappa shape index (κ2) is 10.8. The molecule has 1 aromatic carbocycles. The summed E-state index contributed by atoms with van der Waals surface area (Å²) in [5.41, 5.74) is 2.15. The van der Waals surface area contributed by atoms with Gasteiger partial charge in [0.15, 0.2) is 5.96 Å². The molecule has 0 amide bonds. The van der Waals surface area contributed by atoms with Gasteiger partial charge < -0.3 is 19.6 Å². The molecule has 1 saturated heterocycles. The molecule has 3 aromatic rings. The number of para-hydroxylation sites is 2. The average Bonchev–Trinajstić information content (AvgIpc) is 3.40. The number of hydrogen-bond donors (Lipinski definition) is 2. The van der Waals surface area contributed by atoms with Crippen LogP contribution in [0.15, 0.2) is 52.1 Å². The smallest absolute Gasteiger partial charge is 0.191 e. The highest BCUT2D eigenvalue weighted by molar-refractivity contribution is 14.0. The van der Waals surface area contributed by atoms with Crippen LogP contribution in [-0.2, 0) is 13.6 Å². The number of aliphatic imine (C=N–C) groups is 1. The molecular weight excluding hydrogens is 491 g/mol. The minimum Gasteiger partial charge on any atom is -0.468 e. The van der Waals surface area contributed by atoms with E-state index < -0.39 is 0 Å². The van der Waals surface area contributed by atoms with E-state index in [1.54, 1.807) is 13.3 Å². The number of guanidine groups is 1. The van der Waals surface area contributed by atoms with Crippen molar-refractivity contribution in [2.75, 3.05) is 26.7 Å². The standard InChI is InChI=1S/C22H30N6O.HI/c1-23-22(25-16-21-26-17-9-4-5-10-18(17)27(21)2)24-15-19(20-11-8-14-29-20)28-12-6-3-7-13-28;/h4-5,8-11,14,19H,3,6-7,12-13,15-16H2,1-2H3,(H2,23,24,25);1H. The third-order valence-corrected chi connectivity index (χ3v) is 5.68. The molecule has 2 N–H and O–H groups in total. The third-order valence-electron chi connectivity index (χ3n) is 5.68. The molecule has 0 bridgehead atoms. The van der Waals surface area contributed by atoms with Crippen molar-refractivity contribution < 1.29 is 4.42 Å². The van der Waals surface area contributed by atoms with Crippen LogP contribution in [0.25, 0.3) is 11.0 Å². The van der Waals surface area contributed by atoms with Gasteiger partial charge in [-0.25, -0.2) is 4.98 Å². The lowest BCUT2D eigenvalue weighted by Gasteiger charge is -2.33. The topological polar surface area (TPSA) is 70.6 Å². The Kier molecular flexibility index (Phi) is 8.15. The van der Waals surface area contributed by atoms with E-state index >= 15 is 0 Å². The molecule has 0 aliphatic carbocycles. The van der Waals surface area contributed by atoms with Crippen LogP contribution < -0.4 is 10.6 Å². The Labute approximate surface area is 195 Å². The Hall–Kier alpha value is -2.07. The maximum atomic E-state index is 5.74. The van der Waals surface area contributed by atoms with Gasteiger partial charge in [-0.3, -0.25) is 9.89 Å². The zero-order valence-electron chi connectivity index (χ0n) is 17.7. The highest BCUT2D eigenvalue weighted by Gasteiger charge is 2.24. The molecule has 2 aromatic heterocycles. The predicted octanol–water partition coefficient (Wildman–Crippen LogP) is 3.68. The van der Waals surface area contributed by atoms with Crippen molar-refractivity contribution >= 4 is 41.0 Å². The van der Waals surface area contributed by atoms with Crippen LogP contribution in [0, 0.1) is 0 Å². The van der Waals surface area contributed by atoms with E-state index in [-0.39, 0.29) is 30.0 Å². The van der Waals surface area contributed by atoms with Gasteiger partial charge in [0.1, 0.15) is 11.6 Å². The summed E-state index contributed by atoms with van der Waals surface area (Å²) in [6, 6.07) is 12.4. The monoisotopic (exact) mass is 522 g/mol. The molecular formula is C22H31IN6O. The fraction of sp³-hybridized carbons (Fsp3) is 0.455. The van der Waals surface area contributed by atoms with Crippen LogP contribution in [0.4, 0.5) is 0 Å². The van der Waals surface area contributed by atoms with E-state index in [0.717, 1.165) is 48.2 Å². The summed E-state index contributed by atoms with van der Waals surface area (Å²) < 4.78 is 7.86. The van der Waals surface area contributed by atoms with Crippen LogP contribution in [0.3, 0.4) is 0 Å². The number of rotatable bonds is 6. The molecule has 1 fully saturated rings. The number of furan rings is 1. The molecule has 1 unspecified atom stereocenters. The van der Waals surface area contributed by atoms with Gasteiger partial charge in [-0.2, -0.15) is 0 Å². The maximum absolute atomic E-state index is 5.74. The second-order valence-electron chi connectivity index (χ2n) is 7.51. The molecule has 1 aliphatic heterocycles. The van der Waals surface area contributed by atoms with E-state index in [1.807, 2.05) is 31.3 Å². The summed E-state index contributed by atoms with van der Waals surface area (Å²) in [5.74, 6) is 2.75. The fourth-order valence-electron chi connectivity index (χ4n) is 4.05. The number of piperidine rings is 1. The lowest BCUT2D eigenvalue weighted by atomic mass is 10.1. The summed E-state index contributed by atoms with van der Waals surface area (Å²) >= 11 is 0. The summed E-state index contributed by atoms with van der Waals surface area (Å²) in [7, 11) is 3.85. The number of aromatic nitrogens is 2. The van der Waals surface area contributed by atoms with Crippen LogP contribution in [0.5, 0.6) is 0 Å². The zero-order valence-corrected chi connectivity index (χ0v) is 20.0. The lowest BCUT2D eigenvalue weighted by molar-refractivity contribution is 0.146. The van der Waals surface area contributed by atoms with Gasteiger partial charge >= 0.3 is 0 Å². The van der Waals surface area contributed by atoms with Gasteiger partial charge in [0.2, 0.25) is 0 Å². The quantitative estimate of drug-likeness (QED) is 0.294. The van der Waals surface area contributed by atoms with Crippen LogP contribution in [0.1, 0.15) is 36.9 Å². The maximum Gasteiger partial charge on any atom is 0.191 e. The summed E-state index contributed by atoms with van der Waals surface area (Å²) in [5, 5.41) is 6.88. The highest BCUT2D eigenvalue weighted by atomic mass is 127. The number of nitrogens with one attached hydrogen (secondary N) is 2. The van der Waals surface area contributed by atoms with Gasteiger partial charge in [-0.1, -0.05) is 18.6 Å². The largest absolute Gasteiger partial charge is 0.468 e. The Morgan fingerprint density at radius 3 is 2.63 bits per heavy atom. The van der Waals surface area contributed by atoms with Gasteiger partial charge in [-0.15, -0.1) is 24.0 Å². The molecule has 0 spiro atoms. The second-order valence-corrected chi connectivity index (χ2v) is 7.51. The van der Waals surface area contributed by atoms with Crippen LogP contribution in [-0.4, -0.2) is 47.1 Å². The number of imidazole rings is 1. The van der Waals surface area contributed by atoms with Gasteiger partial charge in [0.25, 0.3) is 0 Å². The molecule has 8 heteroatoms. The Bertz CT molecular complexity index is 946. The number of halogens is 1. The van der Waals surface area contributed by atoms with E-state index in [1.165, 1.54) is 19.3 Å². The molecule has 0 radical (unpaired) electrons. The minimum absolute atomic E-state index is 0. The minimum atomic E-state index is 0. The van der Waals surface area contributed by atoms with E-state index in [2.05, 4.69) is 37.2 Å². The molecule has 1 aliphatic rings. The molecule has 162 valence electrons. The van der Waals surface area contributed by atoms with E-state index in [0.29, 0.717) is 6.54 Å². The number of benzene rings is 1. The van der Waals surface area contributed by atoms with Crippen molar-refractivity contribution in [2.45, 2.75) is 31.8 Å². The van der Waals surface area contributed by atoms with Crippen molar-refractivity contribution in [1.29, 1.82) is 0 Å². The fourth-order valence-corrected chi connectivity index (χ4v) is 4.05. The molecule has 0 saturated carbocycles. The Morgan fingerprint density at radius 1 is 1.13 bits per heavy atom. The Morgan fingerprint density at radius 2 is 1.93 bits per heavy atom. The normalized spacial score (nSPS) is 16.3. The first-order chi connectivity index (χ1) is 14.3. The van der Waals surface area contributed by atoms with Crippen molar-refractivity contribution in [1.82, 2.24) is 25.1 Å². The lowest BCUT2D eigenvalue weighted by Crippen LogP contribution is -2.44. The molecule has 3 heterocycles. The molecule has 7 nitrogen and oxygen atoms in total. The zero-order chi connectivity index (χ0) is 20.1. The summed E-state index contributed by atoms with van der Waals surface area (Å²) in [6.45, 7) is 3.58. The van der Waals surface area contributed by atoms with Crippen molar-refractivity contribution in [2.24, 2.45) is 12.0 Å². The van der Waals surface area contributed by atoms with Gasteiger partial charge in [0.05, 0.1) is 29.9 Å². The summed E-state index contributed by atoms with van der Waals surface area (Å²) in [6.07, 6.45) is 5.56. The van der Waals surface area contributed by atoms with Gasteiger partial charge in [-0.05, 0) is 50.2 Å². The first-order valence-electron chi connectivity index (χ1n) is 10.4. The predicted molar refractivity (Wildman–Crippen MR) is 131 cm³/mol. The first kappa shape index (κ1) is 22.6. The van der Waals surface area contributed by atoms with Gasteiger partial charge in [0, 0.05) is 20.6 Å². The number of likely N-dealkylation sites (tertiary alicyclic amines) is 1. The molecule has 30 heavy (non-hydrogen) atoms. The number of nitrogens with zero attached hydrogens (tertiary/aromatic N) is 4. The Balaban J connectivity index is 0.00000256. The van der Waals surface area contributed by atoms with E-state index in [4.69, 9.17) is 9.40 Å². The number of hydrogen-bond acceptors (Lipinski definition) is 4. The number of aryl methyl sites for hydroxylation is 1. The third kappa shape index (κ3) is 5.15. The van der Waals surface area contributed by atoms with Crippen LogP contribution >= 0.6 is 24.0 Å². The van der Waals surface area contributed by atoms with Crippen molar-refractivity contribution in [3.05, 3.63) is 54.2 Å². The molecule has 4 rings (SSSR count). The van der Waals surface area contributed by atoms with Crippen molar-refractivity contribution in [3.8, 4) is 0 Å².